The molecule has 0 aliphatic carbocycles. The summed E-state index contributed by atoms with van der Waals surface area (Å²) in [5.74, 6) is -1.02. The van der Waals surface area contributed by atoms with Crippen molar-refractivity contribution in [2.24, 2.45) is 0 Å². The molecule has 0 saturated carbocycles. The van der Waals surface area contributed by atoms with Gasteiger partial charge in [0.15, 0.2) is 0 Å². The summed E-state index contributed by atoms with van der Waals surface area (Å²) in [6.45, 7) is 1.13. The molecule has 1 aromatic rings. The van der Waals surface area contributed by atoms with E-state index in [1.807, 2.05) is 0 Å². The van der Waals surface area contributed by atoms with Crippen LogP contribution in [0.15, 0.2) is 12.1 Å². The summed E-state index contributed by atoms with van der Waals surface area (Å²) in [5.41, 5.74) is -2.12. The van der Waals surface area contributed by atoms with Gasteiger partial charge in [-0.3, -0.25) is 4.79 Å². The van der Waals surface area contributed by atoms with E-state index in [1.165, 1.54) is 0 Å². The summed E-state index contributed by atoms with van der Waals surface area (Å²) < 4.78 is 49.9. The second kappa shape index (κ2) is 3.81. The van der Waals surface area contributed by atoms with Crippen molar-refractivity contribution in [2.45, 2.75) is 13.1 Å². The first-order valence-corrected chi connectivity index (χ1v) is 4.18. The zero-order valence-electron chi connectivity index (χ0n) is 7.45. The summed E-state index contributed by atoms with van der Waals surface area (Å²) >= 11 is 4.96. The number of alkyl halides is 3. The van der Waals surface area contributed by atoms with Crippen LogP contribution in [0.1, 0.15) is 21.5 Å². The number of carbonyl (C=O) groups is 1. The lowest BCUT2D eigenvalue weighted by molar-refractivity contribution is -0.137. The first kappa shape index (κ1) is 12.0. The molecular formula is C9H5ClF4O. The predicted molar refractivity (Wildman–Crippen MR) is 46.3 cm³/mol. The number of rotatable bonds is 1. The van der Waals surface area contributed by atoms with Crippen molar-refractivity contribution < 1.29 is 22.4 Å². The van der Waals surface area contributed by atoms with Crippen LogP contribution in [-0.4, -0.2) is 5.24 Å². The number of hydrogen-bond donors (Lipinski definition) is 0. The van der Waals surface area contributed by atoms with Gasteiger partial charge in [0.2, 0.25) is 0 Å². The molecule has 6 heteroatoms. The van der Waals surface area contributed by atoms with Crippen molar-refractivity contribution in [1.82, 2.24) is 0 Å². The topological polar surface area (TPSA) is 17.1 Å². The molecule has 1 nitrogen and oxygen atoms in total. The van der Waals surface area contributed by atoms with Crippen molar-refractivity contribution in [3.05, 3.63) is 34.6 Å². The van der Waals surface area contributed by atoms with E-state index < -0.39 is 28.4 Å². The van der Waals surface area contributed by atoms with Gasteiger partial charge in [-0.15, -0.1) is 0 Å². The van der Waals surface area contributed by atoms with Crippen LogP contribution in [0.4, 0.5) is 17.6 Å². The van der Waals surface area contributed by atoms with E-state index in [9.17, 15) is 22.4 Å². The Balaban J connectivity index is 3.43. The van der Waals surface area contributed by atoms with E-state index in [1.54, 1.807) is 0 Å². The minimum Gasteiger partial charge on any atom is -0.275 e. The Bertz CT molecular complexity index is 411. The fourth-order valence-corrected chi connectivity index (χ4v) is 1.21. The van der Waals surface area contributed by atoms with Crippen molar-refractivity contribution >= 4 is 16.8 Å². The molecule has 0 N–H and O–H groups in total. The van der Waals surface area contributed by atoms with E-state index in [-0.39, 0.29) is 5.56 Å². The van der Waals surface area contributed by atoms with Crippen LogP contribution in [0.2, 0.25) is 0 Å². The summed E-state index contributed by atoms with van der Waals surface area (Å²) in [6.07, 6.45) is -4.63. The summed E-state index contributed by atoms with van der Waals surface area (Å²) in [6, 6.07) is 1.02. The molecule has 82 valence electrons. The quantitative estimate of drug-likeness (QED) is 0.542. The van der Waals surface area contributed by atoms with Gasteiger partial charge >= 0.3 is 6.18 Å². The fraction of sp³-hybridized carbons (Fsp3) is 0.222. The number of halogens is 5. The van der Waals surface area contributed by atoms with Gasteiger partial charge in [-0.05, 0) is 36.2 Å². The minimum atomic E-state index is -4.63. The molecule has 0 saturated heterocycles. The monoisotopic (exact) mass is 240 g/mol. The highest BCUT2D eigenvalue weighted by Gasteiger charge is 2.32. The van der Waals surface area contributed by atoms with Crippen LogP contribution in [-0.2, 0) is 6.18 Å². The Morgan fingerprint density at radius 1 is 1.33 bits per heavy atom. The number of hydrogen-bond acceptors (Lipinski definition) is 1. The molecule has 0 spiro atoms. The molecule has 0 fully saturated rings. The molecule has 1 aromatic carbocycles. The van der Waals surface area contributed by atoms with E-state index >= 15 is 0 Å². The lowest BCUT2D eigenvalue weighted by atomic mass is 10.1. The molecule has 0 bridgehead atoms. The average Bonchev–Trinajstić information content (AvgIpc) is 2.06. The molecule has 0 radical (unpaired) electrons. The number of carbonyl (C=O) groups excluding carboxylic acids is 1. The van der Waals surface area contributed by atoms with Crippen molar-refractivity contribution in [2.75, 3.05) is 0 Å². The van der Waals surface area contributed by atoms with E-state index in [0.717, 1.165) is 6.92 Å². The lowest BCUT2D eigenvalue weighted by Crippen LogP contribution is -2.09. The van der Waals surface area contributed by atoms with Crippen molar-refractivity contribution in [1.29, 1.82) is 0 Å². The summed E-state index contributed by atoms with van der Waals surface area (Å²) in [7, 11) is 0. The zero-order chi connectivity index (χ0) is 11.8. The van der Waals surface area contributed by atoms with Gasteiger partial charge in [0.1, 0.15) is 5.82 Å². The van der Waals surface area contributed by atoms with Crippen molar-refractivity contribution in [3.8, 4) is 0 Å². The van der Waals surface area contributed by atoms with Crippen LogP contribution in [0, 0.1) is 12.7 Å². The van der Waals surface area contributed by atoms with Gasteiger partial charge in [-0.25, -0.2) is 4.39 Å². The molecule has 0 unspecified atom stereocenters. The molecule has 0 aromatic heterocycles. The lowest BCUT2D eigenvalue weighted by Gasteiger charge is -2.09. The minimum absolute atomic E-state index is 0.270. The fourth-order valence-electron chi connectivity index (χ4n) is 1.08. The maximum Gasteiger partial charge on any atom is 0.416 e. The second-order valence-corrected chi connectivity index (χ2v) is 3.27. The van der Waals surface area contributed by atoms with Crippen LogP contribution >= 0.6 is 11.6 Å². The Kier molecular flexibility index (Phi) is 3.04. The Hall–Kier alpha value is -1.10. The van der Waals surface area contributed by atoms with Gasteiger partial charge in [0.05, 0.1) is 11.1 Å². The second-order valence-electron chi connectivity index (χ2n) is 2.93. The molecule has 0 amide bonds. The molecule has 0 aliphatic rings. The molecule has 0 aliphatic heterocycles. The highest BCUT2D eigenvalue weighted by molar-refractivity contribution is 6.67. The smallest absolute Gasteiger partial charge is 0.275 e. The largest absolute Gasteiger partial charge is 0.416 e. The summed E-state index contributed by atoms with van der Waals surface area (Å²) in [4.78, 5) is 10.7. The zero-order valence-corrected chi connectivity index (χ0v) is 8.21. The van der Waals surface area contributed by atoms with Crippen LogP contribution in [0.5, 0.6) is 0 Å². The van der Waals surface area contributed by atoms with Crippen LogP contribution in [0.3, 0.4) is 0 Å². The predicted octanol–water partition coefficient (Wildman–Crippen LogP) is 3.53. The van der Waals surface area contributed by atoms with Crippen LogP contribution in [0.25, 0.3) is 0 Å². The molecule has 0 atom stereocenters. The van der Waals surface area contributed by atoms with Gasteiger partial charge < -0.3 is 0 Å². The Morgan fingerprint density at radius 3 is 2.27 bits per heavy atom. The van der Waals surface area contributed by atoms with Gasteiger partial charge in [0.25, 0.3) is 5.24 Å². The summed E-state index contributed by atoms with van der Waals surface area (Å²) in [5, 5.41) is -1.25. The standard InChI is InChI=1S/C9H5ClF4O/c1-4-2-5(9(12,13)14)3-6(7(4)11)8(10)15/h2-3H,1H3. The number of aryl methyl sites for hydroxylation is 1. The third kappa shape index (κ3) is 2.47. The molecule has 15 heavy (non-hydrogen) atoms. The number of benzene rings is 1. The van der Waals surface area contributed by atoms with Crippen LogP contribution < -0.4 is 0 Å². The molecule has 0 heterocycles. The van der Waals surface area contributed by atoms with E-state index in [2.05, 4.69) is 0 Å². The van der Waals surface area contributed by atoms with E-state index in [4.69, 9.17) is 11.6 Å². The van der Waals surface area contributed by atoms with Gasteiger partial charge in [-0.1, -0.05) is 0 Å². The SMILES string of the molecule is Cc1cc(C(F)(F)F)cc(C(=O)Cl)c1F. The Morgan fingerprint density at radius 2 is 1.87 bits per heavy atom. The third-order valence-corrected chi connectivity index (χ3v) is 2.00. The molecule has 1 rings (SSSR count). The molecular weight excluding hydrogens is 236 g/mol. The highest BCUT2D eigenvalue weighted by atomic mass is 35.5. The Labute approximate surface area is 87.7 Å². The maximum absolute atomic E-state index is 13.1. The first-order valence-electron chi connectivity index (χ1n) is 3.80. The van der Waals surface area contributed by atoms with E-state index in [0.29, 0.717) is 12.1 Å². The normalized spacial score (nSPS) is 11.6. The van der Waals surface area contributed by atoms with Gasteiger partial charge in [-0.2, -0.15) is 13.2 Å². The maximum atomic E-state index is 13.1. The van der Waals surface area contributed by atoms with Gasteiger partial charge in [0, 0.05) is 0 Å². The first-order chi connectivity index (χ1) is 6.73. The van der Waals surface area contributed by atoms with Crippen molar-refractivity contribution in [3.63, 3.8) is 0 Å². The third-order valence-electron chi connectivity index (χ3n) is 1.79. The highest BCUT2D eigenvalue weighted by Crippen LogP contribution is 2.32. The average molecular weight is 241 g/mol.